The molecule has 0 bridgehead atoms. The SMILES string of the molecule is COC(=O)C1=C(C#N)NC(C#N)=C(C(=O)OC(C)C)C1c1ccccc1Cl. The molecule has 2 rings (SSSR count). The van der Waals surface area contributed by atoms with Crippen LogP contribution in [0.4, 0.5) is 0 Å². The second kappa shape index (κ2) is 8.39. The average Bonchev–Trinajstić information content (AvgIpc) is 2.65. The molecule has 1 unspecified atom stereocenters. The van der Waals surface area contributed by atoms with Gasteiger partial charge in [0.15, 0.2) is 0 Å². The van der Waals surface area contributed by atoms with Gasteiger partial charge in [0.2, 0.25) is 0 Å². The third-order valence-electron chi connectivity index (χ3n) is 3.77. The predicted molar refractivity (Wildman–Crippen MR) is 95.9 cm³/mol. The Hall–Kier alpha value is -3.29. The molecule has 8 heteroatoms. The summed E-state index contributed by atoms with van der Waals surface area (Å²) in [6.07, 6.45) is -0.459. The van der Waals surface area contributed by atoms with E-state index in [9.17, 15) is 20.1 Å². The van der Waals surface area contributed by atoms with Crippen molar-refractivity contribution in [2.24, 2.45) is 0 Å². The molecule has 1 aromatic carbocycles. The highest BCUT2D eigenvalue weighted by atomic mass is 35.5. The zero-order valence-corrected chi connectivity index (χ0v) is 15.6. The Morgan fingerprint density at radius 1 is 1.11 bits per heavy atom. The fourth-order valence-corrected chi connectivity index (χ4v) is 2.96. The Morgan fingerprint density at radius 2 is 1.67 bits per heavy atom. The van der Waals surface area contributed by atoms with Crippen molar-refractivity contribution in [3.05, 3.63) is 57.4 Å². The van der Waals surface area contributed by atoms with Gasteiger partial charge in [-0.15, -0.1) is 0 Å². The summed E-state index contributed by atoms with van der Waals surface area (Å²) in [5.41, 5.74) is -0.238. The van der Waals surface area contributed by atoms with Gasteiger partial charge in [0.1, 0.15) is 23.5 Å². The van der Waals surface area contributed by atoms with Crippen LogP contribution in [0.15, 0.2) is 46.8 Å². The minimum Gasteiger partial charge on any atom is -0.466 e. The molecular weight excluding hydrogens is 370 g/mol. The van der Waals surface area contributed by atoms with Gasteiger partial charge in [0, 0.05) is 5.02 Å². The highest BCUT2D eigenvalue weighted by Gasteiger charge is 2.41. The Kier molecular flexibility index (Phi) is 6.23. The molecule has 0 saturated heterocycles. The molecule has 0 radical (unpaired) electrons. The standard InChI is InChI=1S/C19H16ClN3O4/c1-10(2)27-19(25)17-14(9-22)23-13(8-21)16(18(24)26-3)15(17)11-6-4-5-7-12(11)20/h4-7,10,15,23H,1-3H3. The molecule has 0 aliphatic carbocycles. The van der Waals surface area contributed by atoms with Crippen molar-refractivity contribution in [2.45, 2.75) is 25.9 Å². The van der Waals surface area contributed by atoms with Gasteiger partial charge in [-0.2, -0.15) is 10.5 Å². The van der Waals surface area contributed by atoms with Gasteiger partial charge in [-0.1, -0.05) is 29.8 Å². The summed E-state index contributed by atoms with van der Waals surface area (Å²) in [6.45, 7) is 3.31. The lowest BCUT2D eigenvalue weighted by Crippen LogP contribution is -2.33. The summed E-state index contributed by atoms with van der Waals surface area (Å²) < 4.78 is 10.1. The summed E-state index contributed by atoms with van der Waals surface area (Å²) in [4.78, 5) is 25.2. The summed E-state index contributed by atoms with van der Waals surface area (Å²) >= 11 is 6.29. The van der Waals surface area contributed by atoms with E-state index < -0.39 is 24.0 Å². The Balaban J connectivity index is 2.82. The van der Waals surface area contributed by atoms with E-state index in [1.165, 1.54) is 0 Å². The number of hydrogen-bond donors (Lipinski definition) is 1. The number of methoxy groups -OCH3 is 1. The van der Waals surface area contributed by atoms with Gasteiger partial charge in [0.05, 0.1) is 30.3 Å². The number of allylic oxidation sites excluding steroid dienone is 2. The molecule has 1 atom stereocenters. The largest absolute Gasteiger partial charge is 0.466 e. The van der Waals surface area contributed by atoms with E-state index in [-0.39, 0.29) is 27.6 Å². The van der Waals surface area contributed by atoms with Crippen LogP contribution >= 0.6 is 11.6 Å². The van der Waals surface area contributed by atoms with Crippen LogP contribution in [-0.2, 0) is 19.1 Å². The minimum absolute atomic E-state index is 0.112. The number of carbonyl (C=O) groups is 2. The Morgan fingerprint density at radius 3 is 2.15 bits per heavy atom. The van der Waals surface area contributed by atoms with Crippen LogP contribution in [0.25, 0.3) is 0 Å². The first-order valence-electron chi connectivity index (χ1n) is 7.94. The first kappa shape index (κ1) is 20.0. The van der Waals surface area contributed by atoms with E-state index in [0.717, 1.165) is 7.11 Å². The molecule has 1 aliphatic rings. The number of rotatable bonds is 4. The molecule has 0 saturated carbocycles. The average molecular weight is 386 g/mol. The fraction of sp³-hybridized carbons (Fsp3) is 0.263. The zero-order valence-electron chi connectivity index (χ0n) is 14.9. The number of nitrogens with one attached hydrogen (secondary N) is 1. The summed E-state index contributed by atoms with van der Waals surface area (Å²) in [7, 11) is 1.16. The van der Waals surface area contributed by atoms with Gasteiger partial charge in [0.25, 0.3) is 0 Å². The van der Waals surface area contributed by atoms with Gasteiger partial charge in [-0.05, 0) is 25.5 Å². The molecule has 1 aromatic rings. The number of nitrogens with zero attached hydrogens (tertiary/aromatic N) is 2. The number of halogens is 1. The lowest BCUT2D eigenvalue weighted by atomic mass is 9.80. The molecule has 0 amide bonds. The minimum atomic E-state index is -1.09. The van der Waals surface area contributed by atoms with Crippen LogP contribution in [0.3, 0.4) is 0 Å². The maximum Gasteiger partial charge on any atom is 0.338 e. The first-order chi connectivity index (χ1) is 12.8. The van der Waals surface area contributed by atoms with Crippen molar-refractivity contribution in [1.82, 2.24) is 5.32 Å². The number of ether oxygens (including phenoxy) is 2. The maximum atomic E-state index is 12.8. The van der Waals surface area contributed by atoms with Crippen LogP contribution in [0.5, 0.6) is 0 Å². The topological polar surface area (TPSA) is 112 Å². The normalized spacial score (nSPS) is 16.3. The van der Waals surface area contributed by atoms with E-state index in [4.69, 9.17) is 21.1 Å². The molecule has 138 valence electrons. The highest BCUT2D eigenvalue weighted by Crippen LogP contribution is 2.41. The molecule has 1 aliphatic heterocycles. The van der Waals surface area contributed by atoms with Crippen LogP contribution in [0.2, 0.25) is 5.02 Å². The van der Waals surface area contributed by atoms with Gasteiger partial charge < -0.3 is 14.8 Å². The van der Waals surface area contributed by atoms with E-state index in [0.29, 0.717) is 5.56 Å². The quantitative estimate of drug-likeness (QED) is 0.793. The molecule has 0 spiro atoms. The molecular formula is C19H16ClN3O4. The molecule has 1 N–H and O–H groups in total. The second-order valence-corrected chi connectivity index (χ2v) is 6.23. The Labute approximate surface area is 161 Å². The van der Waals surface area contributed by atoms with Crippen LogP contribution in [-0.4, -0.2) is 25.2 Å². The van der Waals surface area contributed by atoms with Crippen molar-refractivity contribution >= 4 is 23.5 Å². The van der Waals surface area contributed by atoms with Crippen LogP contribution in [0.1, 0.15) is 25.3 Å². The van der Waals surface area contributed by atoms with Crippen molar-refractivity contribution < 1.29 is 19.1 Å². The summed E-state index contributed by atoms with van der Waals surface area (Å²) in [5.74, 6) is -2.71. The maximum absolute atomic E-state index is 12.8. The van der Waals surface area contributed by atoms with Crippen LogP contribution in [0, 0.1) is 22.7 Å². The predicted octanol–water partition coefficient (Wildman–Crippen LogP) is 2.71. The van der Waals surface area contributed by atoms with Crippen molar-refractivity contribution in [3.63, 3.8) is 0 Å². The molecule has 27 heavy (non-hydrogen) atoms. The van der Waals surface area contributed by atoms with Gasteiger partial charge in [-0.25, -0.2) is 9.59 Å². The number of benzene rings is 1. The molecule has 0 fully saturated rings. The zero-order chi connectivity index (χ0) is 20.1. The fourth-order valence-electron chi connectivity index (χ4n) is 2.72. The van der Waals surface area contributed by atoms with Crippen LogP contribution < -0.4 is 5.32 Å². The molecule has 1 heterocycles. The third kappa shape index (κ3) is 3.94. The second-order valence-electron chi connectivity index (χ2n) is 5.83. The number of nitriles is 2. The molecule has 0 aromatic heterocycles. The molecule has 7 nitrogen and oxygen atoms in total. The van der Waals surface area contributed by atoms with E-state index >= 15 is 0 Å². The lowest BCUT2D eigenvalue weighted by Gasteiger charge is -2.28. The monoisotopic (exact) mass is 385 g/mol. The van der Waals surface area contributed by atoms with Crippen molar-refractivity contribution in [2.75, 3.05) is 7.11 Å². The number of hydrogen-bond acceptors (Lipinski definition) is 7. The van der Waals surface area contributed by atoms with Crippen molar-refractivity contribution in [3.8, 4) is 12.1 Å². The van der Waals surface area contributed by atoms with Crippen molar-refractivity contribution in [1.29, 1.82) is 10.5 Å². The summed E-state index contributed by atoms with van der Waals surface area (Å²) in [5, 5.41) is 21.8. The smallest absolute Gasteiger partial charge is 0.338 e. The van der Waals surface area contributed by atoms with Gasteiger partial charge in [-0.3, -0.25) is 0 Å². The number of dihydropyridines is 1. The third-order valence-corrected chi connectivity index (χ3v) is 4.12. The van der Waals surface area contributed by atoms with E-state index in [2.05, 4.69) is 5.32 Å². The Bertz CT molecular complexity index is 935. The lowest BCUT2D eigenvalue weighted by molar-refractivity contribution is -0.143. The highest BCUT2D eigenvalue weighted by molar-refractivity contribution is 6.31. The summed E-state index contributed by atoms with van der Waals surface area (Å²) in [6, 6.07) is 10.2. The number of esters is 2. The number of carbonyl (C=O) groups excluding carboxylic acids is 2. The first-order valence-corrected chi connectivity index (χ1v) is 8.32. The van der Waals surface area contributed by atoms with E-state index in [1.807, 2.05) is 12.1 Å². The van der Waals surface area contributed by atoms with E-state index in [1.54, 1.807) is 38.1 Å². The van der Waals surface area contributed by atoms with Gasteiger partial charge >= 0.3 is 11.9 Å².